The smallest absolute Gasteiger partial charge is 0.156 e. The fourth-order valence-electron chi connectivity index (χ4n) is 1.62. The lowest BCUT2D eigenvalue weighted by Gasteiger charge is -2.11. The molecule has 2 aromatic rings. The summed E-state index contributed by atoms with van der Waals surface area (Å²) in [6.45, 7) is 3.29. The van der Waals surface area contributed by atoms with E-state index in [2.05, 4.69) is 15.3 Å². The van der Waals surface area contributed by atoms with E-state index >= 15 is 0 Å². The first kappa shape index (κ1) is 13.4. The number of nitrogens with zero attached hydrogens (tertiary/aromatic N) is 2. The van der Waals surface area contributed by atoms with Crippen molar-refractivity contribution in [2.75, 3.05) is 5.32 Å². The summed E-state index contributed by atoms with van der Waals surface area (Å²) in [5.74, 6) is 0.190. The molecule has 98 valence electrons. The zero-order chi connectivity index (χ0) is 14.0. The average molecular weight is 280 g/mol. The number of halogens is 2. The summed E-state index contributed by atoms with van der Waals surface area (Å²) >= 11 is 5.86. The summed E-state index contributed by atoms with van der Waals surface area (Å²) in [4.78, 5) is 18.9. The topological polar surface area (TPSA) is 54.9 Å². The molecule has 0 atom stereocenters. The second-order valence-electron chi connectivity index (χ2n) is 4.00. The molecule has 19 heavy (non-hydrogen) atoms. The molecule has 0 saturated heterocycles. The van der Waals surface area contributed by atoms with Crippen molar-refractivity contribution in [2.24, 2.45) is 0 Å². The Bertz CT molecular complexity index is 646. The monoisotopic (exact) mass is 279 g/mol. The molecule has 2 rings (SSSR count). The molecule has 0 saturated carbocycles. The van der Waals surface area contributed by atoms with E-state index in [9.17, 15) is 9.18 Å². The largest absolute Gasteiger partial charge is 0.337 e. The molecule has 1 aromatic heterocycles. The van der Waals surface area contributed by atoms with E-state index in [-0.39, 0.29) is 22.2 Å². The number of anilines is 2. The Labute approximate surface area is 114 Å². The van der Waals surface area contributed by atoms with Gasteiger partial charge in [-0.15, -0.1) is 0 Å². The van der Waals surface area contributed by atoms with Crippen LogP contribution in [0.15, 0.2) is 18.2 Å². The molecule has 0 fully saturated rings. The van der Waals surface area contributed by atoms with Gasteiger partial charge < -0.3 is 5.32 Å². The van der Waals surface area contributed by atoms with Crippen LogP contribution >= 0.6 is 11.6 Å². The predicted molar refractivity (Wildman–Crippen MR) is 71.6 cm³/mol. The molecule has 0 bridgehead atoms. The van der Waals surface area contributed by atoms with Crippen molar-refractivity contribution < 1.29 is 9.18 Å². The van der Waals surface area contributed by atoms with Crippen molar-refractivity contribution in [3.8, 4) is 0 Å². The van der Waals surface area contributed by atoms with Crippen LogP contribution in [0.1, 0.15) is 21.7 Å². The highest BCUT2D eigenvalue weighted by Crippen LogP contribution is 2.25. The molecule has 0 radical (unpaired) electrons. The number of carbonyl (C=O) groups is 1. The molecule has 0 aliphatic rings. The second kappa shape index (κ2) is 5.32. The summed E-state index contributed by atoms with van der Waals surface area (Å²) in [5.41, 5.74) is 0.833. The van der Waals surface area contributed by atoms with E-state index in [0.717, 1.165) is 0 Å². The first-order chi connectivity index (χ1) is 9.02. The number of carbonyl (C=O) groups excluding carboxylic acids is 1. The molecule has 0 amide bonds. The fraction of sp³-hybridized carbons (Fsp3) is 0.154. The van der Waals surface area contributed by atoms with Crippen molar-refractivity contribution in [1.82, 2.24) is 9.97 Å². The SMILES string of the molecule is Cc1nc(Cl)c(C=O)c(Nc2cccc(C)c2F)n1. The van der Waals surface area contributed by atoms with Crippen molar-refractivity contribution >= 4 is 29.4 Å². The number of nitrogens with one attached hydrogen (secondary N) is 1. The minimum atomic E-state index is -0.397. The van der Waals surface area contributed by atoms with Crippen LogP contribution < -0.4 is 5.32 Å². The molecule has 1 aromatic carbocycles. The van der Waals surface area contributed by atoms with Crippen LogP contribution in [0.4, 0.5) is 15.9 Å². The number of aromatic nitrogens is 2. The van der Waals surface area contributed by atoms with Gasteiger partial charge in [-0.3, -0.25) is 4.79 Å². The second-order valence-corrected chi connectivity index (χ2v) is 4.36. The molecule has 1 N–H and O–H groups in total. The summed E-state index contributed by atoms with van der Waals surface area (Å²) in [5, 5.41) is 2.81. The van der Waals surface area contributed by atoms with Gasteiger partial charge in [0.1, 0.15) is 22.6 Å². The molecule has 6 heteroatoms. The number of benzene rings is 1. The van der Waals surface area contributed by atoms with Crippen LogP contribution in [0.3, 0.4) is 0 Å². The van der Waals surface area contributed by atoms with Crippen LogP contribution in [0.25, 0.3) is 0 Å². The third-order valence-electron chi connectivity index (χ3n) is 2.57. The van der Waals surface area contributed by atoms with Gasteiger partial charge >= 0.3 is 0 Å². The van der Waals surface area contributed by atoms with Crippen molar-refractivity contribution in [2.45, 2.75) is 13.8 Å². The van der Waals surface area contributed by atoms with E-state index in [1.165, 1.54) is 0 Å². The molecule has 1 heterocycles. The first-order valence-corrected chi connectivity index (χ1v) is 5.92. The number of aryl methyl sites for hydroxylation is 2. The Kier molecular flexibility index (Phi) is 3.76. The molecule has 0 aliphatic carbocycles. The Hall–Kier alpha value is -2.01. The maximum absolute atomic E-state index is 13.9. The number of hydrogen-bond acceptors (Lipinski definition) is 4. The van der Waals surface area contributed by atoms with Gasteiger partial charge in [0.15, 0.2) is 6.29 Å². The highest BCUT2D eigenvalue weighted by Gasteiger charge is 2.13. The van der Waals surface area contributed by atoms with Crippen molar-refractivity contribution in [1.29, 1.82) is 0 Å². The Morgan fingerprint density at radius 1 is 1.32 bits per heavy atom. The van der Waals surface area contributed by atoms with Crippen LogP contribution in [0.5, 0.6) is 0 Å². The van der Waals surface area contributed by atoms with Crippen LogP contribution in [0, 0.1) is 19.7 Å². The normalized spacial score (nSPS) is 10.3. The van der Waals surface area contributed by atoms with Gasteiger partial charge in [-0.25, -0.2) is 14.4 Å². The Morgan fingerprint density at radius 2 is 2.05 bits per heavy atom. The highest BCUT2D eigenvalue weighted by molar-refractivity contribution is 6.32. The van der Waals surface area contributed by atoms with E-state index in [1.54, 1.807) is 32.0 Å². The fourth-order valence-corrected chi connectivity index (χ4v) is 1.87. The minimum Gasteiger partial charge on any atom is -0.337 e. The summed E-state index contributed by atoms with van der Waals surface area (Å²) < 4.78 is 13.9. The summed E-state index contributed by atoms with van der Waals surface area (Å²) in [6, 6.07) is 4.92. The third kappa shape index (κ3) is 2.71. The Balaban J connectivity index is 2.49. The van der Waals surface area contributed by atoms with Gasteiger partial charge in [0.25, 0.3) is 0 Å². The summed E-state index contributed by atoms with van der Waals surface area (Å²) in [6.07, 6.45) is 0.539. The van der Waals surface area contributed by atoms with Crippen molar-refractivity contribution in [3.05, 3.63) is 46.1 Å². The molecule has 0 aliphatic heterocycles. The lowest BCUT2D eigenvalue weighted by atomic mass is 10.2. The molecular formula is C13H11ClFN3O. The first-order valence-electron chi connectivity index (χ1n) is 5.54. The highest BCUT2D eigenvalue weighted by atomic mass is 35.5. The van der Waals surface area contributed by atoms with Crippen LogP contribution in [0.2, 0.25) is 5.15 Å². The van der Waals surface area contributed by atoms with Gasteiger partial charge in [-0.1, -0.05) is 23.7 Å². The van der Waals surface area contributed by atoms with Crippen LogP contribution in [-0.4, -0.2) is 16.3 Å². The Morgan fingerprint density at radius 3 is 2.74 bits per heavy atom. The lowest BCUT2D eigenvalue weighted by Crippen LogP contribution is -2.05. The van der Waals surface area contributed by atoms with E-state index < -0.39 is 5.82 Å². The van der Waals surface area contributed by atoms with Gasteiger partial charge in [0, 0.05) is 0 Å². The van der Waals surface area contributed by atoms with Crippen LogP contribution in [-0.2, 0) is 0 Å². The van der Waals surface area contributed by atoms with Crippen molar-refractivity contribution in [3.63, 3.8) is 0 Å². The number of aldehydes is 1. The minimum absolute atomic E-state index is 0.0399. The van der Waals surface area contributed by atoms with E-state index in [1.807, 2.05) is 0 Å². The maximum atomic E-state index is 13.9. The van der Waals surface area contributed by atoms with Gasteiger partial charge in [-0.05, 0) is 25.5 Å². The lowest BCUT2D eigenvalue weighted by molar-refractivity contribution is 0.112. The average Bonchev–Trinajstić information content (AvgIpc) is 2.34. The van der Waals surface area contributed by atoms with Gasteiger partial charge in [0.2, 0.25) is 0 Å². The summed E-state index contributed by atoms with van der Waals surface area (Å²) in [7, 11) is 0. The quantitative estimate of drug-likeness (QED) is 0.691. The third-order valence-corrected chi connectivity index (χ3v) is 2.86. The number of rotatable bonds is 3. The maximum Gasteiger partial charge on any atom is 0.156 e. The number of hydrogen-bond donors (Lipinski definition) is 1. The predicted octanol–water partition coefficient (Wildman–Crippen LogP) is 3.44. The van der Waals surface area contributed by atoms with E-state index in [0.29, 0.717) is 17.7 Å². The zero-order valence-corrected chi connectivity index (χ0v) is 11.1. The molecule has 0 unspecified atom stereocenters. The molecule has 0 spiro atoms. The van der Waals surface area contributed by atoms with Gasteiger partial charge in [0.05, 0.1) is 11.3 Å². The van der Waals surface area contributed by atoms with E-state index in [4.69, 9.17) is 11.6 Å². The molecular weight excluding hydrogens is 269 g/mol. The zero-order valence-electron chi connectivity index (χ0n) is 10.4. The molecule has 4 nitrogen and oxygen atoms in total. The standard InChI is InChI=1S/C13H11ClFN3O/c1-7-4-3-5-10(11(7)15)18-13-9(6-19)12(14)16-8(2)17-13/h3-6H,1-2H3,(H,16,17,18). The van der Waals surface area contributed by atoms with Gasteiger partial charge in [-0.2, -0.15) is 0 Å².